The van der Waals surface area contributed by atoms with Crippen molar-refractivity contribution in [3.8, 4) is 17.3 Å². The number of nitrogens with zero attached hydrogens (tertiary/aromatic N) is 3. The minimum absolute atomic E-state index is 0.0256. The van der Waals surface area contributed by atoms with Crippen LogP contribution < -0.4 is 20.1 Å². The molecule has 13 nitrogen and oxygen atoms in total. The van der Waals surface area contributed by atoms with E-state index in [1.165, 1.54) is 47.4 Å². The zero-order valence-electron chi connectivity index (χ0n) is 33.3. The fourth-order valence-corrected chi connectivity index (χ4v) is 9.03. The van der Waals surface area contributed by atoms with Crippen LogP contribution in [0.5, 0.6) is 5.88 Å². The Labute approximate surface area is 348 Å². The molecule has 5 atom stereocenters. The predicted octanol–water partition coefficient (Wildman–Crippen LogP) is 6.75. The van der Waals surface area contributed by atoms with E-state index in [4.69, 9.17) is 9.15 Å². The van der Waals surface area contributed by atoms with Crippen molar-refractivity contribution >= 4 is 55.5 Å². The van der Waals surface area contributed by atoms with Gasteiger partial charge >= 0.3 is 6.18 Å². The summed E-state index contributed by atoms with van der Waals surface area (Å²) in [7, 11) is -3.98. The molecule has 0 spiro atoms. The average Bonchev–Trinajstić information content (AvgIpc) is 4.11. The van der Waals surface area contributed by atoms with Crippen molar-refractivity contribution in [2.75, 3.05) is 11.9 Å². The van der Waals surface area contributed by atoms with E-state index in [9.17, 15) is 40.4 Å². The lowest BCUT2D eigenvalue weighted by molar-refractivity contribution is -0.141. The van der Waals surface area contributed by atoms with E-state index in [2.05, 4.69) is 31.9 Å². The van der Waals surface area contributed by atoms with Crippen molar-refractivity contribution in [3.63, 3.8) is 0 Å². The number of hydrogen-bond acceptors (Lipinski definition) is 10. The Morgan fingerprint density at radius 1 is 1.00 bits per heavy atom. The number of carbonyl (C=O) groups is 3. The zero-order chi connectivity index (χ0) is 43.6. The molecule has 3 amide bonds. The number of sulfonamides is 1. The molecule has 2 saturated carbocycles. The number of rotatable bonds is 12. The number of nitrogens with one attached hydrogen (secondary N) is 3. The van der Waals surface area contributed by atoms with Crippen LogP contribution in [-0.4, -0.2) is 76.5 Å². The maximum atomic E-state index is 14.8. The Morgan fingerprint density at radius 3 is 2.31 bits per heavy atom. The molecule has 0 radical (unpaired) electrons. The van der Waals surface area contributed by atoms with E-state index in [0.29, 0.717) is 35.0 Å². The quantitative estimate of drug-likeness (QED) is 0.0901. The summed E-state index contributed by atoms with van der Waals surface area (Å²) in [6, 6.07) is 14.4. The number of carbonyl (C=O) groups excluding carboxylic acids is 3. The van der Waals surface area contributed by atoms with Crippen molar-refractivity contribution in [2.24, 2.45) is 11.3 Å². The molecule has 3 N–H and O–H groups in total. The molecular weight excluding hydrogens is 821 g/mol. The highest BCUT2D eigenvalue weighted by Crippen LogP contribution is 2.46. The van der Waals surface area contributed by atoms with Crippen LogP contribution in [0, 0.1) is 17.2 Å². The number of benzene rings is 3. The largest absolute Gasteiger partial charge is 0.470 e. The lowest BCUT2D eigenvalue weighted by atomic mass is 9.85. The molecule has 3 heterocycles. The van der Waals surface area contributed by atoms with E-state index in [-0.39, 0.29) is 42.2 Å². The third-order valence-corrected chi connectivity index (χ3v) is 13.1. The van der Waals surface area contributed by atoms with Gasteiger partial charge in [0.15, 0.2) is 5.82 Å². The second kappa shape index (κ2) is 15.1. The van der Waals surface area contributed by atoms with Crippen molar-refractivity contribution in [1.29, 1.82) is 0 Å². The minimum Gasteiger partial charge on any atom is -0.470 e. The first-order chi connectivity index (χ1) is 28.8. The first kappa shape index (κ1) is 41.7. The number of para-hydroxylation sites is 1. The highest BCUT2D eigenvalue weighted by atomic mass is 32.2. The first-order valence-electron chi connectivity index (χ1n) is 19.6. The second-order valence-electron chi connectivity index (χ2n) is 16.8. The van der Waals surface area contributed by atoms with E-state index in [0.717, 1.165) is 12.1 Å². The van der Waals surface area contributed by atoms with Gasteiger partial charge in [0.2, 0.25) is 27.4 Å². The van der Waals surface area contributed by atoms with Gasteiger partial charge in [0.25, 0.3) is 11.8 Å². The summed E-state index contributed by atoms with van der Waals surface area (Å²) in [4.78, 5) is 53.5. The fourth-order valence-electron chi connectivity index (χ4n) is 7.66. The fraction of sp³-hybridized carbons (Fsp3) is 0.372. The van der Waals surface area contributed by atoms with Crippen molar-refractivity contribution < 1.29 is 49.5 Å². The molecule has 8 rings (SSSR count). The molecule has 5 aromatic rings. The molecule has 0 bridgehead atoms. The summed E-state index contributed by atoms with van der Waals surface area (Å²) in [5.74, 6) is -3.34. The van der Waals surface area contributed by atoms with Crippen molar-refractivity contribution in [1.82, 2.24) is 24.9 Å². The number of amides is 3. The summed E-state index contributed by atoms with van der Waals surface area (Å²) >= 11 is 0. The molecule has 61 heavy (non-hydrogen) atoms. The van der Waals surface area contributed by atoms with Gasteiger partial charge in [-0.1, -0.05) is 51.1 Å². The summed E-state index contributed by atoms with van der Waals surface area (Å²) in [5.41, 5.74) is -1.75. The van der Waals surface area contributed by atoms with Gasteiger partial charge in [0.1, 0.15) is 40.6 Å². The van der Waals surface area contributed by atoms with Gasteiger partial charge in [-0.25, -0.2) is 17.8 Å². The van der Waals surface area contributed by atoms with Gasteiger partial charge < -0.3 is 24.7 Å². The zero-order valence-corrected chi connectivity index (χ0v) is 34.1. The molecule has 1 aliphatic heterocycles. The number of furan rings is 1. The smallest absolute Gasteiger partial charge is 0.416 e. The lowest BCUT2D eigenvalue weighted by Crippen LogP contribution is -2.58. The maximum Gasteiger partial charge on any atom is 0.416 e. The monoisotopic (exact) mass is 862 g/mol. The molecule has 2 aromatic heterocycles. The number of alkyl halides is 3. The van der Waals surface area contributed by atoms with E-state index >= 15 is 0 Å². The number of hydrogen-bond donors (Lipinski definition) is 3. The van der Waals surface area contributed by atoms with E-state index in [1.54, 1.807) is 24.3 Å². The highest BCUT2D eigenvalue weighted by Gasteiger charge is 2.62. The number of halogens is 4. The second-order valence-corrected chi connectivity index (χ2v) is 18.8. The Bertz CT molecular complexity index is 2660. The van der Waals surface area contributed by atoms with Crippen LogP contribution >= 0.6 is 0 Å². The third kappa shape index (κ3) is 8.24. The van der Waals surface area contributed by atoms with E-state index in [1.807, 2.05) is 20.8 Å². The molecule has 18 heteroatoms. The summed E-state index contributed by atoms with van der Waals surface area (Å²) in [6.07, 6.45) is -3.31. The molecule has 320 valence electrons. The van der Waals surface area contributed by atoms with E-state index < -0.39 is 85.6 Å². The molecule has 2 aliphatic carbocycles. The number of ether oxygens (including phenoxy) is 1. The van der Waals surface area contributed by atoms with Crippen LogP contribution in [0.2, 0.25) is 0 Å². The average molecular weight is 863 g/mol. The Morgan fingerprint density at radius 2 is 1.69 bits per heavy atom. The highest BCUT2D eigenvalue weighted by molar-refractivity contribution is 7.91. The number of likely N-dealkylation sites (tertiary alicyclic amines) is 1. The van der Waals surface area contributed by atoms with Crippen LogP contribution in [0.3, 0.4) is 0 Å². The maximum absolute atomic E-state index is 14.8. The molecule has 1 saturated heterocycles. The first-order valence-corrected chi connectivity index (χ1v) is 21.2. The third-order valence-electron chi connectivity index (χ3n) is 11.3. The summed E-state index contributed by atoms with van der Waals surface area (Å²) in [5, 5.41) is 5.82. The van der Waals surface area contributed by atoms with Crippen LogP contribution in [0.1, 0.15) is 52.0 Å². The molecule has 1 unspecified atom stereocenters. The summed E-state index contributed by atoms with van der Waals surface area (Å²) in [6.45, 7) is 9.01. The molecule has 3 fully saturated rings. The van der Waals surface area contributed by atoms with Gasteiger partial charge in [0, 0.05) is 29.0 Å². The number of fused-ring (bicyclic) bond motifs is 3. The molecule has 3 aliphatic rings. The molecule has 3 aromatic carbocycles. The van der Waals surface area contributed by atoms with Gasteiger partial charge in [-0.05, 0) is 73.2 Å². The van der Waals surface area contributed by atoms with Crippen molar-refractivity contribution in [3.05, 3.63) is 96.8 Å². The lowest BCUT2D eigenvalue weighted by Gasteiger charge is -2.36. The van der Waals surface area contributed by atoms with Gasteiger partial charge in [0.05, 0.1) is 17.4 Å². The van der Waals surface area contributed by atoms with Crippen LogP contribution in [-0.2, 0) is 30.6 Å². The van der Waals surface area contributed by atoms with Crippen LogP contribution in [0.25, 0.3) is 33.5 Å². The standard InChI is InChI=1S/C43H42F4N6O7S/c1-5-24-21-42(24,40(56)52-61(57,58)29-18-19-29)51-37(54)31-20-28(22-53(31)39(55)35(41(2,3)4)48-27-16-14-26(44)15-17-27)59-38-34-33(30-8-6-7-9-32(30)60-34)49-36(50-38)23-10-12-25(13-11-23)43(45,46)47/h5-17,24,28-29,31,35,48H,1,18-22H2,2-4H3,(H,51,54)(H,52,56)/t24-,28-,31+,35-,42?/m1/s1. The number of aromatic nitrogens is 2. The Hall–Kier alpha value is -6.04. The number of anilines is 1. The minimum atomic E-state index is -4.57. The predicted molar refractivity (Wildman–Crippen MR) is 217 cm³/mol. The Balaban J connectivity index is 1.15. The normalized spacial score (nSPS) is 22.1. The van der Waals surface area contributed by atoms with Crippen molar-refractivity contribution in [2.45, 2.75) is 81.6 Å². The Kier molecular flexibility index (Phi) is 10.4. The molecular formula is C43H42F4N6O7S. The van der Waals surface area contributed by atoms with Crippen LogP contribution in [0.4, 0.5) is 23.2 Å². The van der Waals surface area contributed by atoms with Gasteiger partial charge in [-0.2, -0.15) is 18.2 Å². The van der Waals surface area contributed by atoms with Crippen LogP contribution in [0.15, 0.2) is 89.9 Å². The summed E-state index contributed by atoms with van der Waals surface area (Å²) < 4.78 is 94.6. The van der Waals surface area contributed by atoms with Gasteiger partial charge in [-0.15, -0.1) is 6.58 Å². The van der Waals surface area contributed by atoms with Gasteiger partial charge in [-0.3, -0.25) is 19.1 Å². The topological polar surface area (TPSA) is 173 Å². The SMILES string of the molecule is C=C[C@@H]1CC1(NC(=O)[C@@H]1C[C@@H](Oc2nc(-c3ccc(C(F)(F)F)cc3)nc3c2oc2ccccc23)CN1C(=O)[C@@H](Nc1ccc(F)cc1)C(C)(C)C)C(=O)NS(=O)(=O)C1CC1.